The van der Waals surface area contributed by atoms with Crippen molar-refractivity contribution in [1.29, 1.82) is 0 Å². The molecular formula is C59H71N3O9S. The molecule has 2 fully saturated rings. The number of aliphatic hydroxyl groups is 3. The number of nitrogens with zero attached hydrogens (tertiary/aromatic N) is 1. The van der Waals surface area contributed by atoms with Crippen LogP contribution in [0.2, 0.25) is 0 Å². The summed E-state index contributed by atoms with van der Waals surface area (Å²) in [5, 5.41) is 42.8. The molecule has 0 radical (unpaired) electrons. The zero-order chi connectivity index (χ0) is 50.4. The molecule has 5 heterocycles. The second-order valence-corrected chi connectivity index (χ2v) is 23.9. The maximum absolute atomic E-state index is 14.3. The second-order valence-electron chi connectivity index (χ2n) is 22.2. The van der Waals surface area contributed by atoms with Gasteiger partial charge in [-0.15, -0.1) is 0 Å². The number of fused-ring (bicyclic) bond motifs is 9. The lowest BCUT2D eigenvalue weighted by molar-refractivity contribution is -0.0557. The van der Waals surface area contributed by atoms with E-state index in [0.29, 0.717) is 68.2 Å². The molecule has 72 heavy (non-hydrogen) atoms. The van der Waals surface area contributed by atoms with Crippen LogP contribution in [0.5, 0.6) is 11.5 Å². The first-order valence-electron chi connectivity index (χ1n) is 26.3. The fraction of sp³-hybridized carbons (Fsp3) is 0.508. The number of allylic oxidation sites excluding steroid dienone is 1. The average Bonchev–Trinajstić information content (AvgIpc) is 3.68. The number of nitrogens with two attached hydrogens (primary N) is 2. The van der Waals surface area contributed by atoms with Crippen LogP contribution in [0.1, 0.15) is 141 Å². The molecule has 12 rings (SSSR count). The van der Waals surface area contributed by atoms with Gasteiger partial charge in [0, 0.05) is 48.7 Å². The van der Waals surface area contributed by atoms with Gasteiger partial charge in [-0.25, -0.2) is 4.99 Å². The van der Waals surface area contributed by atoms with Gasteiger partial charge in [0.05, 0.1) is 17.0 Å². The van der Waals surface area contributed by atoms with E-state index in [9.17, 15) is 33.4 Å². The summed E-state index contributed by atoms with van der Waals surface area (Å²) in [6.07, 6.45) is 9.26. The van der Waals surface area contributed by atoms with Gasteiger partial charge < -0.3 is 41.4 Å². The molecule has 0 aromatic heterocycles. The Morgan fingerprint density at radius 1 is 0.944 bits per heavy atom. The number of hydrogen-bond acceptors (Lipinski definition) is 9. The molecule has 10 bridgehead atoms. The summed E-state index contributed by atoms with van der Waals surface area (Å²) in [6, 6.07) is 29.3. The van der Waals surface area contributed by atoms with Crippen molar-refractivity contribution >= 4 is 16.1 Å². The summed E-state index contributed by atoms with van der Waals surface area (Å²) in [7, 11) is -4.68. The predicted octanol–water partition coefficient (Wildman–Crippen LogP) is 8.71. The van der Waals surface area contributed by atoms with Crippen molar-refractivity contribution in [3.63, 3.8) is 0 Å². The Bertz CT molecular complexity index is 2840. The molecule has 4 aromatic rings. The van der Waals surface area contributed by atoms with Crippen LogP contribution in [0.25, 0.3) is 0 Å². The summed E-state index contributed by atoms with van der Waals surface area (Å²) < 4.78 is 54.8. The Balaban J connectivity index is 1.16. The number of aliphatic imine (C=N–C) groups is 1. The molecule has 13 atom stereocenters. The van der Waals surface area contributed by atoms with Crippen LogP contribution in [-0.2, 0) is 33.4 Å². The fourth-order valence-corrected chi connectivity index (χ4v) is 15.1. The highest BCUT2D eigenvalue weighted by atomic mass is 32.2. The van der Waals surface area contributed by atoms with Gasteiger partial charge in [0.25, 0.3) is 10.1 Å². The highest BCUT2D eigenvalue weighted by molar-refractivity contribution is 7.86. The number of aryl methyl sites for hydroxylation is 1. The minimum absolute atomic E-state index is 0.0727. The largest absolute Gasteiger partial charge is 0.508 e. The molecule has 13 heteroatoms. The third-order valence-corrected chi connectivity index (χ3v) is 18.8. The van der Waals surface area contributed by atoms with E-state index in [0.717, 1.165) is 59.1 Å². The van der Waals surface area contributed by atoms with E-state index in [1.165, 1.54) is 0 Å². The van der Waals surface area contributed by atoms with Crippen molar-refractivity contribution in [2.75, 3.05) is 13.2 Å². The van der Waals surface area contributed by atoms with Crippen LogP contribution in [0.15, 0.2) is 108 Å². The molecule has 4 aromatic carbocycles. The molecule has 8 aliphatic rings. The molecule has 0 unspecified atom stereocenters. The Labute approximate surface area is 424 Å². The smallest absolute Gasteiger partial charge is 0.268 e. The van der Waals surface area contributed by atoms with E-state index in [-0.39, 0.29) is 79.4 Å². The minimum atomic E-state index is -4.68. The zero-order valence-electron chi connectivity index (χ0n) is 41.3. The quantitative estimate of drug-likeness (QED) is 0.0248. The van der Waals surface area contributed by atoms with Crippen molar-refractivity contribution < 1.29 is 42.9 Å². The lowest BCUT2D eigenvalue weighted by Gasteiger charge is -2.42. The van der Waals surface area contributed by atoms with Crippen LogP contribution in [0.4, 0.5) is 0 Å². The molecule has 1 saturated heterocycles. The zero-order valence-corrected chi connectivity index (χ0v) is 42.1. The van der Waals surface area contributed by atoms with Gasteiger partial charge in [0.1, 0.15) is 17.6 Å². The van der Waals surface area contributed by atoms with Gasteiger partial charge in [-0.05, 0) is 171 Å². The van der Waals surface area contributed by atoms with Crippen molar-refractivity contribution in [1.82, 2.24) is 0 Å². The lowest BCUT2D eigenvalue weighted by atomic mass is 9.64. The average molecular weight is 998 g/mol. The number of hydrogen-bond donors (Lipinski definition) is 7. The molecule has 382 valence electrons. The third-order valence-electron chi connectivity index (χ3n) is 17.6. The molecule has 0 amide bonds. The summed E-state index contributed by atoms with van der Waals surface area (Å²) in [5.74, 6) is 5.35. The molecule has 0 spiro atoms. The Hall–Kier alpha value is -5.20. The van der Waals surface area contributed by atoms with Crippen LogP contribution in [0.3, 0.4) is 0 Å². The SMILES string of the molecule is C[C@@H]1CCc2cc3ccc2[C@H]1C[C@@H](S(=O)(=O)O)[C@H]1C=C2C[C@H](C[C@H]4C[C@@H](CO)CC#Cc5cc(O)ccc5[C@@H]2O4)[C@@H]1c1ccc(cc1)[C@](C[C@@H](Cc1ccccc1)[C@]1(O)CC[C@H](CCCO)C1)(N=C(N)N)O3. The van der Waals surface area contributed by atoms with Crippen molar-refractivity contribution in [2.24, 2.45) is 52.0 Å². The van der Waals surface area contributed by atoms with Gasteiger partial charge in [0.2, 0.25) is 5.72 Å². The first kappa shape index (κ1) is 50.3. The Morgan fingerprint density at radius 3 is 2.49 bits per heavy atom. The van der Waals surface area contributed by atoms with Crippen molar-refractivity contribution in [3.8, 4) is 23.3 Å². The standard InChI is InChI=1S/C59H71N3O9S/c1-36-12-13-42-29-48-19-21-50(42)52(36)32-54(72(67,68)69)53-31-44-27-43(30-49-26-39(35-64)9-5-11-41-28-47(65)18-20-51(41)56(44)70-49)55(53)40-14-16-45(17-15-40)59(71-48,62-57(60)61)34-46(25-37-7-3-2-4-8-37)58(66)23-22-38(33-58)10-6-24-63/h2-4,7-8,14-21,28-29,31,36,38-39,43,46,49,52-56,63-66H,6,9-10,12-13,22-27,30,32-35H2,1H3,(H4,60,61,62)(H,67,68,69)/t36-,38+,39+,43-,46-,49-,52+,53-,54-,55+,56-,58+,59-/m1/s1. The monoisotopic (exact) mass is 997 g/mol. The van der Waals surface area contributed by atoms with Crippen molar-refractivity contribution in [2.45, 2.75) is 137 Å². The summed E-state index contributed by atoms with van der Waals surface area (Å²) >= 11 is 0. The van der Waals surface area contributed by atoms with E-state index >= 15 is 0 Å². The van der Waals surface area contributed by atoms with Crippen molar-refractivity contribution in [3.05, 3.63) is 142 Å². The van der Waals surface area contributed by atoms with Gasteiger partial charge >= 0.3 is 0 Å². The number of benzene rings is 4. The molecule has 1 saturated carbocycles. The second kappa shape index (κ2) is 20.6. The van der Waals surface area contributed by atoms with E-state index < -0.39 is 44.6 Å². The highest BCUT2D eigenvalue weighted by Crippen LogP contribution is 2.56. The normalized spacial score (nSPS) is 32.2. The maximum atomic E-state index is 14.3. The van der Waals surface area contributed by atoms with E-state index in [2.05, 4.69) is 37.0 Å². The maximum Gasteiger partial charge on any atom is 0.268 e. The van der Waals surface area contributed by atoms with Gasteiger partial charge in [-0.3, -0.25) is 4.55 Å². The number of ether oxygens (including phenoxy) is 2. The van der Waals surface area contributed by atoms with Crippen LogP contribution in [-0.4, -0.2) is 69.5 Å². The Morgan fingerprint density at radius 2 is 1.74 bits per heavy atom. The summed E-state index contributed by atoms with van der Waals surface area (Å²) in [4.78, 5) is 5.07. The van der Waals surface area contributed by atoms with Crippen LogP contribution < -0.4 is 16.2 Å². The molecule has 9 N–H and O–H groups in total. The topological polar surface area (TPSA) is 218 Å². The number of rotatable bonds is 11. The first-order chi connectivity index (χ1) is 34.6. The summed E-state index contributed by atoms with van der Waals surface area (Å²) in [5.41, 5.74) is 17.3. The van der Waals surface area contributed by atoms with Gasteiger partial charge in [-0.1, -0.05) is 91.6 Å². The van der Waals surface area contributed by atoms with Gasteiger partial charge in [-0.2, -0.15) is 8.42 Å². The predicted molar refractivity (Wildman–Crippen MR) is 277 cm³/mol. The lowest BCUT2D eigenvalue weighted by Crippen LogP contribution is -2.45. The third kappa shape index (κ3) is 10.3. The number of phenolic OH excluding ortho intramolecular Hbond substituents is 1. The van der Waals surface area contributed by atoms with Gasteiger partial charge in [0.15, 0.2) is 5.96 Å². The van der Waals surface area contributed by atoms with E-state index in [1.54, 1.807) is 12.1 Å². The molecular weight excluding hydrogens is 927 g/mol. The first-order valence-corrected chi connectivity index (χ1v) is 27.8. The number of phenols is 1. The fourth-order valence-electron chi connectivity index (χ4n) is 14.0. The summed E-state index contributed by atoms with van der Waals surface area (Å²) in [6.45, 7) is 2.20. The molecule has 5 aliphatic heterocycles. The Kier molecular flexibility index (Phi) is 14.4. The molecule has 3 aliphatic carbocycles. The van der Waals surface area contributed by atoms with E-state index in [1.807, 2.05) is 66.7 Å². The number of guanidine groups is 1. The molecule has 12 nitrogen and oxygen atoms in total. The van der Waals surface area contributed by atoms with Crippen LogP contribution >= 0.6 is 0 Å². The number of aromatic hydroxyl groups is 1. The van der Waals surface area contributed by atoms with Crippen LogP contribution in [0, 0.1) is 47.3 Å². The number of aliphatic hydroxyl groups excluding tert-OH is 2. The van der Waals surface area contributed by atoms with E-state index in [4.69, 9.17) is 25.9 Å². The highest BCUT2D eigenvalue weighted by Gasteiger charge is 2.51. The minimum Gasteiger partial charge on any atom is -0.508 e.